The molecule has 2 aliphatic heterocycles. The number of rotatable bonds is 4. The molecule has 7 heteroatoms. The van der Waals surface area contributed by atoms with Crippen molar-refractivity contribution in [1.82, 2.24) is 9.21 Å². The third kappa shape index (κ3) is 3.72. The molecule has 0 bridgehead atoms. The van der Waals surface area contributed by atoms with Gasteiger partial charge in [0.1, 0.15) is 5.75 Å². The zero-order chi connectivity index (χ0) is 17.2. The summed E-state index contributed by atoms with van der Waals surface area (Å²) < 4.78 is 31.0. The molecule has 2 heterocycles. The van der Waals surface area contributed by atoms with Gasteiger partial charge < -0.3 is 9.64 Å². The number of carbonyl (C=O) groups excluding carboxylic acids is 1. The molecular formula is C17H24N2O4S. The van der Waals surface area contributed by atoms with E-state index in [9.17, 15) is 13.2 Å². The molecule has 0 N–H and O–H groups in total. The molecule has 0 atom stereocenters. The van der Waals surface area contributed by atoms with E-state index in [4.69, 9.17) is 4.74 Å². The van der Waals surface area contributed by atoms with Gasteiger partial charge in [-0.1, -0.05) is 12.1 Å². The lowest BCUT2D eigenvalue weighted by Gasteiger charge is -2.21. The van der Waals surface area contributed by atoms with E-state index in [1.165, 1.54) is 4.31 Å². The molecular weight excluding hydrogens is 328 g/mol. The SMILES string of the molecule is CCS(=O)(=O)N1CCCN(C(=O)Cc2ccc3c(c2)CCO3)CC1. The third-order valence-electron chi connectivity index (χ3n) is 4.67. The maximum absolute atomic E-state index is 12.6. The lowest BCUT2D eigenvalue weighted by Crippen LogP contribution is -2.38. The Morgan fingerprint density at radius 3 is 2.83 bits per heavy atom. The topological polar surface area (TPSA) is 66.9 Å². The summed E-state index contributed by atoms with van der Waals surface area (Å²) >= 11 is 0. The van der Waals surface area contributed by atoms with Crippen LogP contribution in [0.3, 0.4) is 0 Å². The van der Waals surface area contributed by atoms with Crippen molar-refractivity contribution in [2.45, 2.75) is 26.2 Å². The molecule has 6 nitrogen and oxygen atoms in total. The summed E-state index contributed by atoms with van der Waals surface area (Å²) in [5, 5.41) is 0. The van der Waals surface area contributed by atoms with Crippen molar-refractivity contribution in [3.8, 4) is 5.75 Å². The van der Waals surface area contributed by atoms with E-state index in [0.29, 0.717) is 45.6 Å². The van der Waals surface area contributed by atoms with Crippen molar-refractivity contribution in [1.29, 1.82) is 0 Å². The highest BCUT2D eigenvalue weighted by molar-refractivity contribution is 7.89. The fourth-order valence-corrected chi connectivity index (χ4v) is 4.37. The van der Waals surface area contributed by atoms with Crippen LogP contribution in [0.15, 0.2) is 18.2 Å². The smallest absolute Gasteiger partial charge is 0.227 e. The van der Waals surface area contributed by atoms with Gasteiger partial charge in [-0.3, -0.25) is 4.79 Å². The molecule has 1 aromatic carbocycles. The first-order chi connectivity index (χ1) is 11.5. The lowest BCUT2D eigenvalue weighted by atomic mass is 10.1. The van der Waals surface area contributed by atoms with Gasteiger partial charge >= 0.3 is 0 Å². The summed E-state index contributed by atoms with van der Waals surface area (Å²) in [7, 11) is -3.18. The first-order valence-electron chi connectivity index (χ1n) is 8.50. The minimum Gasteiger partial charge on any atom is -0.493 e. The summed E-state index contributed by atoms with van der Waals surface area (Å²) in [6.45, 7) is 4.33. The van der Waals surface area contributed by atoms with E-state index in [-0.39, 0.29) is 11.7 Å². The Morgan fingerprint density at radius 1 is 1.21 bits per heavy atom. The highest BCUT2D eigenvalue weighted by Crippen LogP contribution is 2.26. The zero-order valence-corrected chi connectivity index (χ0v) is 14.8. The fourth-order valence-electron chi connectivity index (χ4n) is 3.24. The second kappa shape index (κ2) is 7.11. The molecule has 0 saturated carbocycles. The molecule has 1 fully saturated rings. The number of fused-ring (bicyclic) bond motifs is 1. The molecule has 0 unspecified atom stereocenters. The molecule has 0 aliphatic carbocycles. The number of sulfonamides is 1. The average molecular weight is 352 g/mol. The molecule has 0 aromatic heterocycles. The van der Waals surface area contributed by atoms with Crippen molar-refractivity contribution in [3.63, 3.8) is 0 Å². The minimum absolute atomic E-state index is 0.0598. The third-order valence-corrected chi connectivity index (χ3v) is 6.56. The van der Waals surface area contributed by atoms with Gasteiger partial charge in [0.25, 0.3) is 0 Å². The molecule has 0 spiro atoms. The largest absolute Gasteiger partial charge is 0.493 e. The molecule has 1 saturated heterocycles. The van der Waals surface area contributed by atoms with Crippen molar-refractivity contribution >= 4 is 15.9 Å². The van der Waals surface area contributed by atoms with Gasteiger partial charge in [0.2, 0.25) is 15.9 Å². The van der Waals surface area contributed by atoms with E-state index in [2.05, 4.69) is 0 Å². The number of ether oxygens (including phenoxy) is 1. The van der Waals surface area contributed by atoms with Gasteiger partial charge in [0.05, 0.1) is 18.8 Å². The summed E-state index contributed by atoms with van der Waals surface area (Å²) in [6.07, 6.45) is 1.93. The van der Waals surface area contributed by atoms with E-state index >= 15 is 0 Å². The van der Waals surface area contributed by atoms with Gasteiger partial charge in [0.15, 0.2) is 0 Å². The predicted molar refractivity (Wildman–Crippen MR) is 91.6 cm³/mol. The molecule has 24 heavy (non-hydrogen) atoms. The van der Waals surface area contributed by atoms with E-state index in [0.717, 1.165) is 23.3 Å². The van der Waals surface area contributed by atoms with E-state index in [1.54, 1.807) is 11.8 Å². The quantitative estimate of drug-likeness (QED) is 0.812. The summed E-state index contributed by atoms with van der Waals surface area (Å²) in [4.78, 5) is 14.4. The maximum Gasteiger partial charge on any atom is 0.227 e. The van der Waals surface area contributed by atoms with Crippen LogP contribution in [0, 0.1) is 0 Å². The Labute approximate surface area is 143 Å². The van der Waals surface area contributed by atoms with Crippen molar-refractivity contribution < 1.29 is 17.9 Å². The zero-order valence-electron chi connectivity index (χ0n) is 14.0. The average Bonchev–Trinajstić information content (AvgIpc) is 2.88. The van der Waals surface area contributed by atoms with Crippen LogP contribution in [0.4, 0.5) is 0 Å². The number of benzene rings is 1. The number of hydrogen-bond donors (Lipinski definition) is 0. The molecule has 1 amide bonds. The van der Waals surface area contributed by atoms with E-state index < -0.39 is 10.0 Å². The van der Waals surface area contributed by atoms with Gasteiger partial charge in [-0.05, 0) is 30.5 Å². The number of nitrogens with zero attached hydrogens (tertiary/aromatic N) is 2. The first-order valence-corrected chi connectivity index (χ1v) is 10.1. The van der Waals surface area contributed by atoms with Crippen LogP contribution in [0.5, 0.6) is 5.75 Å². The van der Waals surface area contributed by atoms with Crippen LogP contribution >= 0.6 is 0 Å². The Hall–Kier alpha value is -1.60. The van der Waals surface area contributed by atoms with Gasteiger partial charge in [-0.2, -0.15) is 0 Å². The summed E-state index contributed by atoms with van der Waals surface area (Å²) in [6, 6.07) is 5.92. The predicted octanol–water partition coefficient (Wildman–Crippen LogP) is 1.05. The normalized spacial score (nSPS) is 18.8. The minimum atomic E-state index is -3.18. The van der Waals surface area contributed by atoms with Crippen LogP contribution < -0.4 is 4.74 Å². The van der Waals surface area contributed by atoms with Crippen LogP contribution in [-0.4, -0.2) is 62.1 Å². The Morgan fingerprint density at radius 2 is 2.04 bits per heavy atom. The first kappa shape index (κ1) is 17.2. The Balaban J connectivity index is 1.61. The van der Waals surface area contributed by atoms with E-state index in [1.807, 2.05) is 18.2 Å². The highest BCUT2D eigenvalue weighted by Gasteiger charge is 2.25. The standard InChI is InChI=1S/C17H24N2O4S/c1-2-24(21,22)19-8-3-7-18(9-10-19)17(20)13-14-4-5-16-15(12-14)6-11-23-16/h4-5,12H,2-3,6-11,13H2,1H3. The van der Waals surface area contributed by atoms with Crippen LogP contribution in [0.1, 0.15) is 24.5 Å². The number of carbonyl (C=O) groups is 1. The van der Waals surface area contributed by atoms with Crippen LogP contribution in [0.25, 0.3) is 0 Å². The fraction of sp³-hybridized carbons (Fsp3) is 0.588. The molecule has 1 aromatic rings. The van der Waals surface area contributed by atoms with Crippen molar-refractivity contribution in [2.75, 3.05) is 38.5 Å². The summed E-state index contributed by atoms with van der Waals surface area (Å²) in [5.41, 5.74) is 2.16. The second-order valence-corrected chi connectivity index (χ2v) is 8.51. The van der Waals surface area contributed by atoms with Gasteiger partial charge in [-0.15, -0.1) is 0 Å². The monoisotopic (exact) mass is 352 g/mol. The number of hydrogen-bond acceptors (Lipinski definition) is 4. The van der Waals surface area contributed by atoms with Crippen molar-refractivity contribution in [3.05, 3.63) is 29.3 Å². The molecule has 132 valence electrons. The Kier molecular flexibility index (Phi) is 5.10. The van der Waals surface area contributed by atoms with Crippen molar-refractivity contribution in [2.24, 2.45) is 0 Å². The number of amides is 1. The molecule has 0 radical (unpaired) electrons. The van der Waals surface area contributed by atoms with Gasteiger partial charge in [0, 0.05) is 32.6 Å². The molecule has 2 aliphatic rings. The second-order valence-electron chi connectivity index (χ2n) is 6.25. The highest BCUT2D eigenvalue weighted by atomic mass is 32.2. The van der Waals surface area contributed by atoms with Crippen LogP contribution in [-0.2, 0) is 27.7 Å². The summed E-state index contributed by atoms with van der Waals surface area (Å²) in [5.74, 6) is 1.09. The van der Waals surface area contributed by atoms with Gasteiger partial charge in [-0.25, -0.2) is 12.7 Å². The Bertz CT molecular complexity index is 717. The molecule has 3 rings (SSSR count). The van der Waals surface area contributed by atoms with Crippen LogP contribution in [0.2, 0.25) is 0 Å². The lowest BCUT2D eigenvalue weighted by molar-refractivity contribution is -0.130. The maximum atomic E-state index is 12.6.